The lowest BCUT2D eigenvalue weighted by Crippen LogP contribution is -2.14. The number of ether oxygens (including phenoxy) is 1. The highest BCUT2D eigenvalue weighted by atomic mass is 19.1. The zero-order chi connectivity index (χ0) is 19.4. The van der Waals surface area contributed by atoms with Crippen molar-refractivity contribution >= 4 is 17.7 Å². The van der Waals surface area contributed by atoms with Crippen LogP contribution in [-0.2, 0) is 4.84 Å². The van der Waals surface area contributed by atoms with Gasteiger partial charge in [-0.15, -0.1) is 0 Å². The molecule has 1 aliphatic heterocycles. The van der Waals surface area contributed by atoms with Crippen LogP contribution in [0.2, 0.25) is 0 Å². The lowest BCUT2D eigenvalue weighted by atomic mass is 9.97. The van der Waals surface area contributed by atoms with Gasteiger partial charge in [0.1, 0.15) is 11.6 Å². The largest absolute Gasteiger partial charge is 0.496 e. The second kappa shape index (κ2) is 8.20. The Bertz CT molecular complexity index is 880. The van der Waals surface area contributed by atoms with Crippen LogP contribution in [0.3, 0.4) is 0 Å². The maximum atomic E-state index is 14.0. The van der Waals surface area contributed by atoms with Crippen LogP contribution < -0.4 is 4.74 Å². The number of aliphatic imine (C=N–C) groups is 1. The van der Waals surface area contributed by atoms with Gasteiger partial charge in [0.05, 0.1) is 24.8 Å². The lowest BCUT2D eigenvalue weighted by molar-refractivity contribution is 0.0836. The Morgan fingerprint density at radius 1 is 1.37 bits per heavy atom. The molecule has 0 amide bonds. The molecule has 1 heterocycles. The van der Waals surface area contributed by atoms with E-state index in [2.05, 4.69) is 17.1 Å². The minimum absolute atomic E-state index is 0.298. The molecule has 0 bridgehead atoms. The summed E-state index contributed by atoms with van der Waals surface area (Å²) in [5, 5.41) is 4.11. The molecule has 0 fully saturated rings. The second-order valence-corrected chi connectivity index (χ2v) is 6.51. The van der Waals surface area contributed by atoms with E-state index in [4.69, 9.17) is 9.57 Å². The molecule has 0 radical (unpaired) electrons. The van der Waals surface area contributed by atoms with Gasteiger partial charge in [-0.1, -0.05) is 23.4 Å². The molecule has 2 aromatic rings. The molecule has 2 aromatic carbocycles. The first-order chi connectivity index (χ1) is 13.0. The third-order valence-electron chi connectivity index (χ3n) is 4.64. The average molecular weight is 369 g/mol. The van der Waals surface area contributed by atoms with Crippen molar-refractivity contribution in [2.45, 2.75) is 26.4 Å². The van der Waals surface area contributed by atoms with Gasteiger partial charge < -0.3 is 14.5 Å². The van der Waals surface area contributed by atoms with Crippen LogP contribution in [0, 0.1) is 12.7 Å². The van der Waals surface area contributed by atoms with Crippen molar-refractivity contribution in [2.24, 2.45) is 10.1 Å². The number of methoxy groups -OCH3 is 1. The van der Waals surface area contributed by atoms with E-state index in [1.807, 2.05) is 31.0 Å². The van der Waals surface area contributed by atoms with Crippen molar-refractivity contribution in [2.75, 3.05) is 20.7 Å². The van der Waals surface area contributed by atoms with Crippen molar-refractivity contribution in [3.8, 4) is 5.75 Å². The maximum absolute atomic E-state index is 14.0. The highest BCUT2D eigenvalue weighted by Crippen LogP contribution is 2.38. The molecule has 0 saturated carbocycles. The Morgan fingerprint density at radius 3 is 2.85 bits per heavy atom. The Hall–Kier alpha value is -2.89. The second-order valence-electron chi connectivity index (χ2n) is 6.51. The number of nitrogens with zero attached hydrogens (tertiary/aromatic N) is 3. The first-order valence-corrected chi connectivity index (χ1v) is 8.94. The van der Waals surface area contributed by atoms with Gasteiger partial charge in [0.15, 0.2) is 6.10 Å². The van der Waals surface area contributed by atoms with Crippen LogP contribution in [0.1, 0.15) is 36.1 Å². The minimum atomic E-state index is -0.315. The zero-order valence-corrected chi connectivity index (χ0v) is 16.1. The van der Waals surface area contributed by atoms with Crippen molar-refractivity contribution in [1.29, 1.82) is 0 Å². The number of halogens is 1. The van der Waals surface area contributed by atoms with Crippen LogP contribution >= 0.6 is 0 Å². The Morgan fingerprint density at radius 2 is 2.15 bits per heavy atom. The number of hydrogen-bond acceptors (Lipinski definition) is 4. The Balaban J connectivity index is 1.85. The SMILES string of the molecule is CCN(C)C=Nc1cc(OC)c(C2CC(c3ccccc3F)=NO2)cc1C. The van der Waals surface area contributed by atoms with Crippen LogP contribution in [0.25, 0.3) is 0 Å². The third kappa shape index (κ3) is 4.10. The van der Waals surface area contributed by atoms with Gasteiger partial charge in [-0.25, -0.2) is 9.38 Å². The highest BCUT2D eigenvalue weighted by molar-refractivity contribution is 6.01. The number of aryl methyl sites for hydroxylation is 1. The lowest BCUT2D eigenvalue weighted by Gasteiger charge is -2.16. The van der Waals surface area contributed by atoms with Crippen molar-refractivity contribution in [1.82, 2.24) is 4.90 Å². The average Bonchev–Trinajstić information content (AvgIpc) is 3.16. The summed E-state index contributed by atoms with van der Waals surface area (Å²) in [7, 11) is 3.59. The molecule has 1 unspecified atom stereocenters. The Kier molecular flexibility index (Phi) is 5.74. The normalized spacial score (nSPS) is 16.3. The topological polar surface area (TPSA) is 46.4 Å². The van der Waals surface area contributed by atoms with Gasteiger partial charge in [-0.2, -0.15) is 0 Å². The number of benzene rings is 2. The summed E-state index contributed by atoms with van der Waals surface area (Å²) in [6, 6.07) is 10.5. The minimum Gasteiger partial charge on any atom is -0.496 e. The van der Waals surface area contributed by atoms with Crippen molar-refractivity contribution in [3.63, 3.8) is 0 Å². The maximum Gasteiger partial charge on any atom is 0.161 e. The van der Waals surface area contributed by atoms with E-state index in [0.717, 1.165) is 23.4 Å². The standard InChI is InChI=1S/C21H24FN3O2/c1-5-25(3)13-23-18-11-20(26-4)16(10-14(18)2)21-12-19(24-27-21)15-8-6-7-9-17(15)22/h6-11,13,21H,5,12H2,1-4H3. The van der Waals surface area contributed by atoms with Gasteiger partial charge in [-0.3, -0.25) is 0 Å². The molecule has 3 rings (SSSR count). The van der Waals surface area contributed by atoms with E-state index >= 15 is 0 Å². The van der Waals surface area contributed by atoms with Crippen molar-refractivity contribution < 1.29 is 14.0 Å². The molecule has 0 aromatic heterocycles. The zero-order valence-electron chi connectivity index (χ0n) is 16.1. The fourth-order valence-corrected chi connectivity index (χ4v) is 2.91. The predicted octanol–water partition coefficient (Wildman–Crippen LogP) is 4.62. The number of oxime groups is 1. The molecule has 0 N–H and O–H groups in total. The summed E-state index contributed by atoms with van der Waals surface area (Å²) in [5.41, 5.74) is 3.80. The highest BCUT2D eigenvalue weighted by Gasteiger charge is 2.28. The Labute approximate surface area is 159 Å². The third-order valence-corrected chi connectivity index (χ3v) is 4.64. The summed E-state index contributed by atoms with van der Waals surface area (Å²) >= 11 is 0. The summed E-state index contributed by atoms with van der Waals surface area (Å²) in [6.45, 7) is 4.94. The van der Waals surface area contributed by atoms with E-state index < -0.39 is 0 Å². The van der Waals surface area contributed by atoms with E-state index in [0.29, 0.717) is 23.4 Å². The molecule has 0 spiro atoms. The van der Waals surface area contributed by atoms with E-state index in [-0.39, 0.29) is 11.9 Å². The van der Waals surface area contributed by atoms with Crippen LogP contribution in [-0.4, -0.2) is 37.7 Å². The molecule has 142 valence electrons. The summed E-state index contributed by atoms with van der Waals surface area (Å²) in [6.07, 6.45) is 1.97. The predicted molar refractivity (Wildman–Crippen MR) is 106 cm³/mol. The molecule has 5 nitrogen and oxygen atoms in total. The molecule has 1 aliphatic rings. The molecular formula is C21H24FN3O2. The van der Waals surface area contributed by atoms with Crippen molar-refractivity contribution in [3.05, 3.63) is 58.9 Å². The summed E-state index contributed by atoms with van der Waals surface area (Å²) in [5.74, 6) is 0.384. The summed E-state index contributed by atoms with van der Waals surface area (Å²) in [4.78, 5) is 12.1. The monoisotopic (exact) mass is 369 g/mol. The molecule has 0 saturated heterocycles. The first kappa shape index (κ1) is 18.9. The fourth-order valence-electron chi connectivity index (χ4n) is 2.91. The first-order valence-electron chi connectivity index (χ1n) is 8.94. The molecule has 6 heteroatoms. The van der Waals surface area contributed by atoms with E-state index in [1.165, 1.54) is 6.07 Å². The molecule has 27 heavy (non-hydrogen) atoms. The van der Waals surface area contributed by atoms with Gasteiger partial charge in [0.25, 0.3) is 0 Å². The smallest absolute Gasteiger partial charge is 0.161 e. The van der Waals surface area contributed by atoms with E-state index in [9.17, 15) is 4.39 Å². The molecule has 0 aliphatic carbocycles. The van der Waals surface area contributed by atoms with Crippen LogP contribution in [0.5, 0.6) is 5.75 Å². The molecule has 1 atom stereocenters. The number of rotatable bonds is 6. The van der Waals surface area contributed by atoms with Gasteiger partial charge >= 0.3 is 0 Å². The van der Waals surface area contributed by atoms with Gasteiger partial charge in [-0.05, 0) is 31.5 Å². The van der Waals surface area contributed by atoms with E-state index in [1.54, 1.807) is 31.6 Å². The van der Waals surface area contributed by atoms with Gasteiger partial charge in [0, 0.05) is 37.2 Å². The fraction of sp³-hybridized carbons (Fsp3) is 0.333. The summed E-state index contributed by atoms with van der Waals surface area (Å²) < 4.78 is 19.6. The van der Waals surface area contributed by atoms with Gasteiger partial charge in [0.2, 0.25) is 0 Å². The quantitative estimate of drug-likeness (QED) is 0.551. The van der Waals surface area contributed by atoms with Crippen LogP contribution in [0.15, 0.2) is 46.5 Å². The van der Waals surface area contributed by atoms with Crippen LogP contribution in [0.4, 0.5) is 10.1 Å². The molecular weight excluding hydrogens is 345 g/mol. The number of hydrogen-bond donors (Lipinski definition) is 0.